The maximum Gasteiger partial charge on any atom is 0.251 e. The number of carbonyl (C=O) groups excluding carboxylic acids is 2. The van der Waals surface area contributed by atoms with Crippen LogP contribution in [-0.4, -0.2) is 75.9 Å². The first kappa shape index (κ1) is 28.1. The smallest absolute Gasteiger partial charge is 0.251 e. The zero-order valence-corrected chi connectivity index (χ0v) is 23.3. The second kappa shape index (κ2) is 11.9. The number of benzene rings is 1. The number of rotatable bonds is 10. The molecule has 3 heterocycles. The summed E-state index contributed by atoms with van der Waals surface area (Å²) in [4.78, 5) is 30.1. The predicted octanol–water partition coefficient (Wildman–Crippen LogP) is 2.92. The van der Waals surface area contributed by atoms with Gasteiger partial charge in [0.25, 0.3) is 5.91 Å². The van der Waals surface area contributed by atoms with E-state index >= 15 is 0 Å². The van der Waals surface area contributed by atoms with Gasteiger partial charge in [0.15, 0.2) is 17.5 Å². The lowest BCUT2D eigenvalue weighted by atomic mass is 10.1. The summed E-state index contributed by atoms with van der Waals surface area (Å²) in [7, 11) is 3.10. The molecule has 0 bridgehead atoms. The third kappa shape index (κ3) is 6.94. The molecule has 1 fully saturated rings. The summed E-state index contributed by atoms with van der Waals surface area (Å²) in [6, 6.07) is 7.76. The third-order valence-electron chi connectivity index (χ3n) is 6.20. The number of aromatic nitrogens is 4. The number of ether oxygens (including phenoxy) is 3. The molecular formula is C27H36N6O6. The Morgan fingerprint density at radius 2 is 1.95 bits per heavy atom. The van der Waals surface area contributed by atoms with Gasteiger partial charge >= 0.3 is 0 Å². The Morgan fingerprint density at radius 1 is 1.18 bits per heavy atom. The average Bonchev–Trinajstić information content (AvgIpc) is 3.65. The molecule has 1 N–H and O–H groups in total. The Kier molecular flexibility index (Phi) is 8.54. The number of aryl methyl sites for hydroxylation is 1. The zero-order valence-electron chi connectivity index (χ0n) is 23.3. The molecule has 0 spiro atoms. The van der Waals surface area contributed by atoms with Crippen LogP contribution in [0.1, 0.15) is 51.2 Å². The molecule has 0 saturated carbocycles. The predicted molar refractivity (Wildman–Crippen MR) is 141 cm³/mol. The summed E-state index contributed by atoms with van der Waals surface area (Å²) in [5, 5.41) is 15.6. The van der Waals surface area contributed by atoms with Gasteiger partial charge < -0.3 is 28.8 Å². The van der Waals surface area contributed by atoms with E-state index in [1.165, 1.54) is 9.70 Å². The van der Waals surface area contributed by atoms with Gasteiger partial charge in [0.1, 0.15) is 18.1 Å². The number of nitrogens with one attached hydrogen (secondary N) is 1. The maximum atomic E-state index is 13.8. The summed E-state index contributed by atoms with van der Waals surface area (Å²) in [6.07, 6.45) is 1.49. The molecule has 12 nitrogen and oxygen atoms in total. The summed E-state index contributed by atoms with van der Waals surface area (Å²) >= 11 is 0. The van der Waals surface area contributed by atoms with Crippen LogP contribution < -0.4 is 14.8 Å². The van der Waals surface area contributed by atoms with E-state index < -0.39 is 11.6 Å². The number of methoxy groups -OCH3 is 2. The second-order valence-corrected chi connectivity index (χ2v) is 10.5. The Bertz CT molecular complexity index is 1290. The highest BCUT2D eigenvalue weighted by atomic mass is 16.5. The van der Waals surface area contributed by atoms with Gasteiger partial charge in [0.2, 0.25) is 11.7 Å². The molecule has 4 rings (SSSR count). The van der Waals surface area contributed by atoms with Gasteiger partial charge in [0.05, 0.1) is 20.3 Å². The molecule has 0 aliphatic carbocycles. The van der Waals surface area contributed by atoms with E-state index in [0.29, 0.717) is 41.0 Å². The van der Waals surface area contributed by atoms with Crippen molar-refractivity contribution in [2.24, 2.45) is 0 Å². The highest BCUT2D eigenvalue weighted by Gasteiger charge is 2.37. The molecule has 3 aromatic rings. The standard InChI is InChI=1S/C27H36N6O6/c1-17-9-11-21(39-17)24(26(35)28-27(2,3)4)32(15-19-8-7-13-38-19)23(34)16-33-30-25(29-31-33)18-10-12-20(36-5)22(14-18)37-6/h9-12,14,19,24H,7-8,13,15-16H2,1-6H3,(H,28,35)/t19-,24-/m1/s1. The molecule has 1 aromatic carbocycles. The largest absolute Gasteiger partial charge is 0.493 e. The zero-order chi connectivity index (χ0) is 28.2. The minimum absolute atomic E-state index is 0.194. The average molecular weight is 541 g/mol. The normalized spacial score (nSPS) is 16.1. The topological polar surface area (TPSA) is 134 Å². The molecular weight excluding hydrogens is 504 g/mol. The molecule has 0 unspecified atom stereocenters. The number of amides is 2. The van der Waals surface area contributed by atoms with Gasteiger partial charge in [-0.05, 0) is 76.1 Å². The molecule has 1 aliphatic rings. The summed E-state index contributed by atoms with van der Waals surface area (Å²) in [5.41, 5.74) is 0.133. The number of hydrogen-bond donors (Lipinski definition) is 1. The fraction of sp³-hybridized carbons (Fsp3) is 0.519. The summed E-state index contributed by atoms with van der Waals surface area (Å²) in [6.45, 7) is 8.06. The summed E-state index contributed by atoms with van der Waals surface area (Å²) in [5.74, 6) is 1.70. The van der Waals surface area contributed by atoms with Crippen molar-refractivity contribution >= 4 is 11.8 Å². The van der Waals surface area contributed by atoms with E-state index in [9.17, 15) is 9.59 Å². The van der Waals surface area contributed by atoms with Crippen molar-refractivity contribution < 1.29 is 28.2 Å². The highest BCUT2D eigenvalue weighted by Crippen LogP contribution is 2.31. The van der Waals surface area contributed by atoms with Crippen molar-refractivity contribution in [3.05, 3.63) is 41.9 Å². The molecule has 2 amide bonds. The van der Waals surface area contributed by atoms with Crippen molar-refractivity contribution in [2.45, 2.75) is 64.8 Å². The van der Waals surface area contributed by atoms with Crippen LogP contribution in [0.3, 0.4) is 0 Å². The minimum Gasteiger partial charge on any atom is -0.493 e. The lowest BCUT2D eigenvalue weighted by Gasteiger charge is -2.33. The first-order valence-corrected chi connectivity index (χ1v) is 12.9. The lowest BCUT2D eigenvalue weighted by Crippen LogP contribution is -2.51. The molecule has 39 heavy (non-hydrogen) atoms. The second-order valence-electron chi connectivity index (χ2n) is 10.5. The fourth-order valence-electron chi connectivity index (χ4n) is 4.43. The van der Waals surface area contributed by atoms with E-state index in [-0.39, 0.29) is 31.0 Å². The Labute approximate surface area is 227 Å². The highest BCUT2D eigenvalue weighted by molar-refractivity contribution is 5.88. The van der Waals surface area contributed by atoms with Gasteiger partial charge in [-0.2, -0.15) is 4.80 Å². The Morgan fingerprint density at radius 3 is 2.56 bits per heavy atom. The minimum atomic E-state index is -0.997. The van der Waals surface area contributed by atoms with E-state index in [1.54, 1.807) is 51.5 Å². The van der Waals surface area contributed by atoms with Crippen molar-refractivity contribution in [3.8, 4) is 22.9 Å². The van der Waals surface area contributed by atoms with Crippen LogP contribution in [0.25, 0.3) is 11.4 Å². The van der Waals surface area contributed by atoms with Gasteiger partial charge in [-0.25, -0.2) is 0 Å². The number of nitrogens with zero attached hydrogens (tertiary/aromatic N) is 5. The van der Waals surface area contributed by atoms with Crippen molar-refractivity contribution in [1.29, 1.82) is 0 Å². The van der Waals surface area contributed by atoms with Crippen molar-refractivity contribution in [2.75, 3.05) is 27.4 Å². The van der Waals surface area contributed by atoms with Gasteiger partial charge in [-0.1, -0.05) is 0 Å². The fourth-order valence-corrected chi connectivity index (χ4v) is 4.43. The van der Waals surface area contributed by atoms with Gasteiger partial charge in [-0.15, -0.1) is 10.2 Å². The first-order chi connectivity index (χ1) is 18.6. The Balaban J connectivity index is 1.62. The molecule has 0 radical (unpaired) electrons. The quantitative estimate of drug-likeness (QED) is 0.412. The monoisotopic (exact) mass is 540 g/mol. The number of furan rings is 1. The van der Waals surface area contributed by atoms with E-state index in [4.69, 9.17) is 18.6 Å². The van der Waals surface area contributed by atoms with E-state index in [1.807, 2.05) is 20.8 Å². The number of tetrazole rings is 1. The van der Waals surface area contributed by atoms with Crippen LogP contribution in [0.15, 0.2) is 34.7 Å². The maximum absolute atomic E-state index is 13.8. The number of carbonyl (C=O) groups is 2. The van der Waals surface area contributed by atoms with Crippen molar-refractivity contribution in [1.82, 2.24) is 30.4 Å². The van der Waals surface area contributed by atoms with Crippen LogP contribution in [0.2, 0.25) is 0 Å². The first-order valence-electron chi connectivity index (χ1n) is 12.9. The van der Waals surface area contributed by atoms with Crippen molar-refractivity contribution in [3.63, 3.8) is 0 Å². The van der Waals surface area contributed by atoms with Gasteiger partial charge in [0, 0.05) is 24.3 Å². The molecule has 1 saturated heterocycles. The van der Waals surface area contributed by atoms with Crippen LogP contribution in [-0.2, 0) is 20.9 Å². The number of hydrogen-bond acceptors (Lipinski definition) is 9. The van der Waals surface area contributed by atoms with E-state index in [2.05, 4.69) is 20.7 Å². The molecule has 210 valence electrons. The van der Waals surface area contributed by atoms with Crippen LogP contribution in [0.4, 0.5) is 0 Å². The van der Waals surface area contributed by atoms with Crippen LogP contribution in [0.5, 0.6) is 11.5 Å². The van der Waals surface area contributed by atoms with Gasteiger partial charge in [-0.3, -0.25) is 9.59 Å². The third-order valence-corrected chi connectivity index (χ3v) is 6.20. The summed E-state index contributed by atoms with van der Waals surface area (Å²) < 4.78 is 22.3. The SMILES string of the molecule is COc1ccc(-c2nnn(CC(=O)N(C[C@H]3CCCO3)[C@@H](C(=O)NC(C)(C)C)c3ccc(C)o3)n2)cc1OC. The lowest BCUT2D eigenvalue weighted by molar-refractivity contribution is -0.144. The Hall–Kier alpha value is -3.93. The molecule has 2 atom stereocenters. The van der Waals surface area contributed by atoms with E-state index in [0.717, 1.165) is 12.8 Å². The van der Waals surface area contributed by atoms with Crippen LogP contribution in [0, 0.1) is 6.92 Å². The molecule has 1 aliphatic heterocycles. The molecule has 12 heteroatoms. The van der Waals surface area contributed by atoms with Crippen LogP contribution >= 0.6 is 0 Å². The molecule has 2 aromatic heterocycles.